The van der Waals surface area contributed by atoms with Crippen LogP contribution in [0.15, 0.2) is 78.9 Å². The largest absolute Gasteiger partial charge is 0.493 e. The van der Waals surface area contributed by atoms with Gasteiger partial charge in [-0.05, 0) is 46.2 Å². The molecule has 4 rings (SSSR count). The van der Waals surface area contributed by atoms with E-state index in [1.54, 1.807) is 37.5 Å². The SMILES string of the molecule is COc1cc(C=C(C#N)c2ccccc2Cl)cc(Cl)c1OCc1cccc2ccccc12. The van der Waals surface area contributed by atoms with Gasteiger partial charge in [0.25, 0.3) is 0 Å². The fourth-order valence-electron chi connectivity index (χ4n) is 3.55. The van der Waals surface area contributed by atoms with Crippen LogP contribution >= 0.6 is 23.2 Å². The molecule has 0 unspecified atom stereocenters. The lowest BCUT2D eigenvalue weighted by Crippen LogP contribution is -2.00. The van der Waals surface area contributed by atoms with Crippen molar-refractivity contribution in [2.24, 2.45) is 0 Å². The van der Waals surface area contributed by atoms with Gasteiger partial charge in [-0.15, -0.1) is 0 Å². The van der Waals surface area contributed by atoms with Crippen molar-refractivity contribution in [3.8, 4) is 17.6 Å². The number of nitriles is 1. The van der Waals surface area contributed by atoms with Crippen molar-refractivity contribution in [2.75, 3.05) is 7.11 Å². The summed E-state index contributed by atoms with van der Waals surface area (Å²) in [6, 6.07) is 27.2. The first-order valence-corrected chi connectivity index (χ1v) is 10.7. The predicted molar refractivity (Wildman–Crippen MR) is 131 cm³/mol. The van der Waals surface area contributed by atoms with Gasteiger partial charge in [0.15, 0.2) is 11.5 Å². The Kier molecular flexibility index (Phi) is 6.66. The highest BCUT2D eigenvalue weighted by molar-refractivity contribution is 6.33. The summed E-state index contributed by atoms with van der Waals surface area (Å²) in [6.45, 7) is 0.343. The van der Waals surface area contributed by atoms with E-state index in [0.717, 1.165) is 16.3 Å². The predicted octanol–water partition coefficient (Wildman–Crippen LogP) is 7.80. The minimum Gasteiger partial charge on any atom is -0.493 e. The normalized spacial score (nSPS) is 11.2. The first-order chi connectivity index (χ1) is 15.6. The van der Waals surface area contributed by atoms with Gasteiger partial charge in [0.05, 0.1) is 23.8 Å². The van der Waals surface area contributed by atoms with Crippen LogP contribution in [0.2, 0.25) is 10.0 Å². The van der Waals surface area contributed by atoms with E-state index in [0.29, 0.717) is 44.9 Å². The second-order valence-corrected chi connectivity index (χ2v) is 7.93. The Morgan fingerprint density at radius 1 is 0.938 bits per heavy atom. The van der Waals surface area contributed by atoms with Crippen LogP contribution in [0.4, 0.5) is 0 Å². The number of hydrogen-bond donors (Lipinski definition) is 0. The molecule has 4 aromatic carbocycles. The van der Waals surface area contributed by atoms with Crippen LogP contribution in [0.25, 0.3) is 22.4 Å². The monoisotopic (exact) mass is 459 g/mol. The quantitative estimate of drug-likeness (QED) is 0.218. The molecule has 0 atom stereocenters. The third kappa shape index (κ3) is 4.57. The summed E-state index contributed by atoms with van der Waals surface area (Å²) in [5.74, 6) is 0.941. The second-order valence-electron chi connectivity index (χ2n) is 7.11. The van der Waals surface area contributed by atoms with E-state index in [9.17, 15) is 5.26 Å². The number of allylic oxidation sites excluding steroid dienone is 1. The van der Waals surface area contributed by atoms with Crippen molar-refractivity contribution in [3.63, 3.8) is 0 Å². The third-order valence-corrected chi connectivity index (χ3v) is 5.71. The Balaban J connectivity index is 1.65. The highest BCUT2D eigenvalue weighted by atomic mass is 35.5. The highest BCUT2D eigenvalue weighted by Gasteiger charge is 2.14. The van der Waals surface area contributed by atoms with Gasteiger partial charge in [0.1, 0.15) is 6.61 Å². The van der Waals surface area contributed by atoms with Crippen LogP contribution in [0, 0.1) is 11.3 Å². The molecule has 0 bridgehead atoms. The maximum atomic E-state index is 9.65. The number of rotatable bonds is 6. The van der Waals surface area contributed by atoms with Crippen molar-refractivity contribution in [1.29, 1.82) is 5.26 Å². The minimum absolute atomic E-state index is 0.343. The van der Waals surface area contributed by atoms with Gasteiger partial charge in [-0.1, -0.05) is 83.9 Å². The van der Waals surface area contributed by atoms with Crippen LogP contribution in [0.1, 0.15) is 16.7 Å². The molecule has 0 aliphatic heterocycles. The highest BCUT2D eigenvalue weighted by Crippen LogP contribution is 2.38. The molecule has 0 aliphatic carbocycles. The topological polar surface area (TPSA) is 42.2 Å². The van der Waals surface area contributed by atoms with Crippen molar-refractivity contribution in [3.05, 3.63) is 106 Å². The Hall–Kier alpha value is -3.45. The maximum absolute atomic E-state index is 9.65. The van der Waals surface area contributed by atoms with E-state index >= 15 is 0 Å². The summed E-state index contributed by atoms with van der Waals surface area (Å²) < 4.78 is 11.6. The first-order valence-electron chi connectivity index (χ1n) is 9.94. The number of halogens is 2. The van der Waals surface area contributed by atoms with Gasteiger partial charge < -0.3 is 9.47 Å². The lowest BCUT2D eigenvalue weighted by molar-refractivity contribution is 0.286. The summed E-state index contributed by atoms with van der Waals surface area (Å²) in [5, 5.41) is 12.8. The van der Waals surface area contributed by atoms with Gasteiger partial charge in [-0.2, -0.15) is 5.26 Å². The zero-order chi connectivity index (χ0) is 22.5. The summed E-state index contributed by atoms with van der Waals surface area (Å²) >= 11 is 12.8. The lowest BCUT2D eigenvalue weighted by atomic mass is 10.0. The molecule has 0 N–H and O–H groups in total. The van der Waals surface area contributed by atoms with E-state index in [4.69, 9.17) is 32.7 Å². The molecule has 0 saturated heterocycles. The molecule has 0 saturated carbocycles. The molecule has 5 heteroatoms. The zero-order valence-corrected chi connectivity index (χ0v) is 18.8. The molecule has 0 radical (unpaired) electrons. The number of fused-ring (bicyclic) bond motifs is 1. The van der Waals surface area contributed by atoms with E-state index < -0.39 is 0 Å². The molecular formula is C27H19Cl2NO2. The molecular weight excluding hydrogens is 441 g/mol. The van der Waals surface area contributed by atoms with Crippen molar-refractivity contribution >= 4 is 45.6 Å². The van der Waals surface area contributed by atoms with Gasteiger partial charge in [-0.25, -0.2) is 0 Å². The van der Waals surface area contributed by atoms with E-state index in [1.165, 1.54) is 0 Å². The van der Waals surface area contributed by atoms with Crippen molar-refractivity contribution < 1.29 is 9.47 Å². The van der Waals surface area contributed by atoms with Gasteiger partial charge in [0, 0.05) is 10.6 Å². The smallest absolute Gasteiger partial charge is 0.180 e. The summed E-state index contributed by atoms with van der Waals surface area (Å²) in [5.41, 5.74) is 2.85. The van der Waals surface area contributed by atoms with Crippen molar-refractivity contribution in [1.82, 2.24) is 0 Å². The molecule has 4 aromatic rings. The Labute approximate surface area is 197 Å². The standard InChI is InChI=1S/C27H19Cl2NO2/c1-31-26-15-18(13-21(16-30)23-11-4-5-12-24(23)28)14-25(29)27(26)32-17-20-9-6-8-19-7-2-3-10-22(19)20/h2-15H,17H2,1H3. The molecule has 158 valence electrons. The van der Waals surface area contributed by atoms with Gasteiger partial charge in [0.2, 0.25) is 0 Å². The molecule has 32 heavy (non-hydrogen) atoms. The van der Waals surface area contributed by atoms with Crippen LogP contribution in [0.5, 0.6) is 11.5 Å². The van der Waals surface area contributed by atoms with Crippen LogP contribution in [-0.2, 0) is 6.61 Å². The lowest BCUT2D eigenvalue weighted by Gasteiger charge is -2.15. The molecule has 0 amide bonds. The van der Waals surface area contributed by atoms with E-state index in [1.807, 2.05) is 36.4 Å². The average molecular weight is 460 g/mol. The van der Waals surface area contributed by atoms with Crippen LogP contribution in [-0.4, -0.2) is 7.11 Å². The number of nitrogens with zero attached hydrogens (tertiary/aromatic N) is 1. The first kappa shape index (κ1) is 21.8. The Morgan fingerprint density at radius 3 is 2.47 bits per heavy atom. The van der Waals surface area contributed by atoms with Crippen molar-refractivity contribution in [2.45, 2.75) is 6.61 Å². The number of hydrogen-bond acceptors (Lipinski definition) is 3. The average Bonchev–Trinajstić information content (AvgIpc) is 2.82. The fraction of sp³-hybridized carbons (Fsp3) is 0.0741. The summed E-state index contributed by atoms with van der Waals surface area (Å²) in [6.07, 6.45) is 1.73. The maximum Gasteiger partial charge on any atom is 0.180 e. The third-order valence-electron chi connectivity index (χ3n) is 5.10. The summed E-state index contributed by atoms with van der Waals surface area (Å²) in [7, 11) is 1.56. The molecule has 0 aromatic heterocycles. The molecule has 0 aliphatic rings. The fourth-order valence-corrected chi connectivity index (χ4v) is 4.06. The Morgan fingerprint density at radius 2 is 1.69 bits per heavy atom. The molecule has 0 fully saturated rings. The van der Waals surface area contributed by atoms with Crippen LogP contribution < -0.4 is 9.47 Å². The second kappa shape index (κ2) is 9.78. The number of benzene rings is 4. The van der Waals surface area contributed by atoms with Crippen LogP contribution in [0.3, 0.4) is 0 Å². The summed E-state index contributed by atoms with van der Waals surface area (Å²) in [4.78, 5) is 0. The number of methoxy groups -OCH3 is 1. The zero-order valence-electron chi connectivity index (χ0n) is 17.3. The molecule has 0 heterocycles. The Bertz CT molecular complexity index is 1350. The molecule has 0 spiro atoms. The van der Waals surface area contributed by atoms with Gasteiger partial charge in [-0.3, -0.25) is 0 Å². The number of ether oxygens (including phenoxy) is 2. The van der Waals surface area contributed by atoms with E-state index in [-0.39, 0.29) is 0 Å². The van der Waals surface area contributed by atoms with Gasteiger partial charge >= 0.3 is 0 Å². The van der Waals surface area contributed by atoms with E-state index in [2.05, 4.69) is 24.3 Å². The minimum atomic E-state index is 0.343. The molecule has 3 nitrogen and oxygen atoms in total.